The Morgan fingerprint density at radius 1 is 0.923 bits per heavy atom. The molecule has 0 radical (unpaired) electrons. The maximum atomic E-state index is 11.4. The molecule has 0 saturated carbocycles. The summed E-state index contributed by atoms with van der Waals surface area (Å²) in [5.74, 6) is -0.311. The van der Waals surface area contributed by atoms with Crippen molar-refractivity contribution >= 4 is 5.97 Å². The molecule has 0 aromatic rings. The highest BCUT2D eigenvalue weighted by Crippen LogP contribution is 2.10. The lowest BCUT2D eigenvalue weighted by molar-refractivity contribution is -0.147. The molecule has 2 atom stereocenters. The lowest BCUT2D eigenvalue weighted by Gasteiger charge is -2.08. The second-order valence-electron chi connectivity index (χ2n) is 7.04. The Kier molecular flexibility index (Phi) is 18.2. The maximum Gasteiger partial charge on any atom is 0.305 e. The largest absolute Gasteiger partial charge is 0.463 e. The number of rotatable bonds is 18. The fraction of sp³-hybridized carbons (Fsp3) is 0.857. The molecule has 5 nitrogen and oxygen atoms in total. The van der Waals surface area contributed by atoms with Gasteiger partial charge in [-0.2, -0.15) is 0 Å². The first kappa shape index (κ1) is 25.1. The van der Waals surface area contributed by atoms with Crippen molar-refractivity contribution in [3.8, 4) is 0 Å². The molecule has 26 heavy (non-hydrogen) atoms. The highest BCUT2D eigenvalue weighted by molar-refractivity contribution is 5.69. The van der Waals surface area contributed by atoms with Crippen LogP contribution in [0, 0.1) is 0 Å². The number of ether oxygens (including phenoxy) is 1. The van der Waals surface area contributed by atoms with E-state index in [1.807, 2.05) is 0 Å². The van der Waals surface area contributed by atoms with Crippen LogP contribution in [-0.2, 0) is 9.53 Å². The van der Waals surface area contributed by atoms with Gasteiger partial charge in [-0.25, -0.2) is 0 Å². The Morgan fingerprint density at radius 3 is 2.35 bits per heavy atom. The minimum Gasteiger partial charge on any atom is -0.463 e. The van der Waals surface area contributed by atoms with Crippen LogP contribution >= 0.6 is 0 Å². The zero-order chi connectivity index (χ0) is 19.5. The molecule has 5 heteroatoms. The molecule has 0 amide bonds. The molecule has 0 saturated heterocycles. The molecule has 0 unspecified atom stereocenters. The standard InChI is InChI=1S/C21H40O5/c1-2-3-4-11-14-19(23)15-12-9-7-5-6-8-10-13-16-21(25)26-18-20(24)17-22/h9,12,19-20,22-24H,2-8,10-11,13-18H2,1H3/b12-9-/t19-,20+/m0/s1. The summed E-state index contributed by atoms with van der Waals surface area (Å²) < 4.78 is 4.84. The molecular formula is C21H40O5. The molecular weight excluding hydrogens is 332 g/mol. The van der Waals surface area contributed by atoms with Crippen LogP contribution < -0.4 is 0 Å². The number of aliphatic hydroxyl groups is 3. The minimum absolute atomic E-state index is 0.130. The monoisotopic (exact) mass is 372 g/mol. The van der Waals surface area contributed by atoms with E-state index in [4.69, 9.17) is 14.9 Å². The van der Waals surface area contributed by atoms with Gasteiger partial charge in [0.2, 0.25) is 0 Å². The summed E-state index contributed by atoms with van der Waals surface area (Å²) >= 11 is 0. The van der Waals surface area contributed by atoms with Gasteiger partial charge in [-0.3, -0.25) is 4.79 Å². The van der Waals surface area contributed by atoms with Gasteiger partial charge in [-0.15, -0.1) is 0 Å². The molecule has 0 fully saturated rings. The van der Waals surface area contributed by atoms with Crippen molar-refractivity contribution in [2.45, 2.75) is 103 Å². The average Bonchev–Trinajstić information content (AvgIpc) is 2.64. The van der Waals surface area contributed by atoms with Crippen molar-refractivity contribution in [1.29, 1.82) is 0 Å². The lowest BCUT2D eigenvalue weighted by atomic mass is 10.1. The van der Waals surface area contributed by atoms with Crippen LogP contribution in [0.4, 0.5) is 0 Å². The molecule has 154 valence electrons. The molecule has 3 N–H and O–H groups in total. The van der Waals surface area contributed by atoms with Gasteiger partial charge in [0.15, 0.2) is 0 Å². The number of hydrogen-bond donors (Lipinski definition) is 3. The average molecular weight is 373 g/mol. The third-order valence-electron chi connectivity index (χ3n) is 4.36. The summed E-state index contributed by atoms with van der Waals surface area (Å²) in [6, 6.07) is 0. The van der Waals surface area contributed by atoms with Crippen molar-refractivity contribution in [2.24, 2.45) is 0 Å². The van der Waals surface area contributed by atoms with E-state index in [0.29, 0.717) is 6.42 Å². The zero-order valence-electron chi connectivity index (χ0n) is 16.6. The summed E-state index contributed by atoms with van der Waals surface area (Å²) in [7, 11) is 0. The normalized spacial score (nSPS) is 13.8. The minimum atomic E-state index is -0.978. The SMILES string of the molecule is CCCCCC[C@H](O)C/C=C\CCCCCCCC(=O)OC[C@H](O)CO. The van der Waals surface area contributed by atoms with Crippen LogP contribution in [-0.4, -0.2) is 46.7 Å². The summed E-state index contributed by atoms with van der Waals surface area (Å²) in [6.45, 7) is 1.68. The fourth-order valence-corrected chi connectivity index (χ4v) is 2.67. The molecule has 0 aromatic heterocycles. The van der Waals surface area contributed by atoms with Crippen molar-refractivity contribution in [2.75, 3.05) is 13.2 Å². The third-order valence-corrected chi connectivity index (χ3v) is 4.36. The van der Waals surface area contributed by atoms with Crippen molar-refractivity contribution < 1.29 is 24.9 Å². The topological polar surface area (TPSA) is 87.0 Å². The third kappa shape index (κ3) is 17.9. The molecule has 0 aliphatic rings. The first-order chi connectivity index (χ1) is 12.6. The fourth-order valence-electron chi connectivity index (χ4n) is 2.67. The van der Waals surface area contributed by atoms with Gasteiger partial charge in [-0.05, 0) is 32.1 Å². The zero-order valence-corrected chi connectivity index (χ0v) is 16.6. The second kappa shape index (κ2) is 18.9. The Labute approximate surface area is 159 Å². The molecule has 0 aliphatic heterocycles. The van der Waals surface area contributed by atoms with E-state index in [-0.39, 0.29) is 25.3 Å². The summed E-state index contributed by atoms with van der Waals surface area (Å²) in [4.78, 5) is 11.4. The quantitative estimate of drug-likeness (QED) is 0.193. The molecule has 0 aliphatic carbocycles. The number of allylic oxidation sites excluding steroid dienone is 1. The van der Waals surface area contributed by atoms with Crippen LogP contribution in [0.2, 0.25) is 0 Å². The second-order valence-corrected chi connectivity index (χ2v) is 7.04. The van der Waals surface area contributed by atoms with Gasteiger partial charge in [0.25, 0.3) is 0 Å². The van der Waals surface area contributed by atoms with Crippen LogP contribution in [0.5, 0.6) is 0 Å². The summed E-state index contributed by atoms with van der Waals surface area (Å²) in [5, 5.41) is 27.6. The highest BCUT2D eigenvalue weighted by Gasteiger charge is 2.07. The number of hydrogen-bond acceptors (Lipinski definition) is 5. The van der Waals surface area contributed by atoms with Gasteiger partial charge < -0.3 is 20.1 Å². The number of unbranched alkanes of at least 4 members (excludes halogenated alkanes) is 8. The van der Waals surface area contributed by atoms with E-state index < -0.39 is 6.10 Å². The van der Waals surface area contributed by atoms with Crippen LogP contribution in [0.25, 0.3) is 0 Å². The molecule has 0 rings (SSSR count). The van der Waals surface area contributed by atoms with E-state index in [1.165, 1.54) is 19.3 Å². The Bertz CT molecular complexity index is 343. The Balaban J connectivity index is 3.36. The van der Waals surface area contributed by atoms with Crippen molar-refractivity contribution in [3.05, 3.63) is 12.2 Å². The number of carbonyl (C=O) groups is 1. The Morgan fingerprint density at radius 2 is 1.62 bits per heavy atom. The van der Waals surface area contributed by atoms with Gasteiger partial charge in [0.05, 0.1) is 12.7 Å². The van der Waals surface area contributed by atoms with E-state index >= 15 is 0 Å². The van der Waals surface area contributed by atoms with Crippen LogP contribution in [0.15, 0.2) is 12.2 Å². The molecule has 0 spiro atoms. The van der Waals surface area contributed by atoms with E-state index in [0.717, 1.165) is 57.8 Å². The van der Waals surface area contributed by atoms with Crippen LogP contribution in [0.1, 0.15) is 90.4 Å². The predicted octanol–water partition coefficient (Wildman–Crippen LogP) is 3.89. The van der Waals surface area contributed by atoms with E-state index in [1.54, 1.807) is 0 Å². The van der Waals surface area contributed by atoms with Gasteiger partial charge in [-0.1, -0.05) is 64.0 Å². The predicted molar refractivity (Wildman–Crippen MR) is 105 cm³/mol. The molecule has 0 heterocycles. The number of aliphatic hydroxyl groups excluding tert-OH is 3. The smallest absolute Gasteiger partial charge is 0.305 e. The Hall–Kier alpha value is -0.910. The first-order valence-corrected chi connectivity index (χ1v) is 10.4. The van der Waals surface area contributed by atoms with Gasteiger partial charge in [0.1, 0.15) is 12.7 Å². The maximum absolute atomic E-state index is 11.4. The van der Waals surface area contributed by atoms with Gasteiger partial charge in [0, 0.05) is 6.42 Å². The highest BCUT2D eigenvalue weighted by atomic mass is 16.5. The van der Waals surface area contributed by atoms with Crippen molar-refractivity contribution in [3.63, 3.8) is 0 Å². The first-order valence-electron chi connectivity index (χ1n) is 10.4. The van der Waals surface area contributed by atoms with E-state index in [9.17, 15) is 9.90 Å². The lowest BCUT2D eigenvalue weighted by Crippen LogP contribution is -2.21. The molecule has 0 bridgehead atoms. The number of esters is 1. The van der Waals surface area contributed by atoms with Crippen molar-refractivity contribution in [1.82, 2.24) is 0 Å². The van der Waals surface area contributed by atoms with Gasteiger partial charge >= 0.3 is 5.97 Å². The summed E-state index contributed by atoms with van der Waals surface area (Å²) in [5.41, 5.74) is 0. The number of carbonyl (C=O) groups excluding carboxylic acids is 1. The van der Waals surface area contributed by atoms with E-state index in [2.05, 4.69) is 19.1 Å². The summed E-state index contributed by atoms with van der Waals surface area (Å²) in [6.07, 6.45) is 16.2. The molecule has 0 aromatic carbocycles. The van der Waals surface area contributed by atoms with Crippen LogP contribution in [0.3, 0.4) is 0 Å².